The average molecular weight is 428 g/mol. The van der Waals surface area contributed by atoms with E-state index in [1.807, 2.05) is 31.2 Å². The van der Waals surface area contributed by atoms with Crippen molar-refractivity contribution in [1.82, 2.24) is 24.9 Å². The lowest BCUT2D eigenvalue weighted by molar-refractivity contribution is 0.0993. The molecule has 0 bridgehead atoms. The van der Waals surface area contributed by atoms with Crippen LogP contribution in [0.5, 0.6) is 0 Å². The summed E-state index contributed by atoms with van der Waals surface area (Å²) >= 11 is 0. The van der Waals surface area contributed by atoms with Crippen molar-refractivity contribution < 1.29 is 4.79 Å². The van der Waals surface area contributed by atoms with E-state index in [9.17, 15) is 4.79 Å². The van der Waals surface area contributed by atoms with Crippen LogP contribution in [0.25, 0.3) is 16.9 Å². The Bertz CT molecular complexity index is 1300. The highest BCUT2D eigenvalue weighted by Crippen LogP contribution is 2.30. The summed E-state index contributed by atoms with van der Waals surface area (Å²) in [5, 5.41) is 11.6. The summed E-state index contributed by atoms with van der Waals surface area (Å²) < 4.78 is 1.58. The van der Waals surface area contributed by atoms with Gasteiger partial charge < -0.3 is 16.4 Å². The minimum absolute atomic E-state index is 0.329. The molecule has 8 nitrogen and oxygen atoms in total. The highest BCUT2D eigenvalue weighted by molar-refractivity contribution is 5.93. The van der Waals surface area contributed by atoms with Gasteiger partial charge in [0.1, 0.15) is 11.5 Å². The SMILES string of the molecule is Cc1nn2c(C(N)=O)cccc2c1-c1nc2c(c(NCc3ccccc3)n1)CCCNC2. The molecule has 4 aromatic rings. The number of amides is 1. The summed E-state index contributed by atoms with van der Waals surface area (Å²) in [5.74, 6) is 0.918. The molecule has 0 saturated heterocycles. The highest BCUT2D eigenvalue weighted by atomic mass is 16.1. The van der Waals surface area contributed by atoms with Crippen molar-refractivity contribution in [3.63, 3.8) is 0 Å². The zero-order valence-corrected chi connectivity index (χ0v) is 17.9. The third-order valence-electron chi connectivity index (χ3n) is 5.78. The molecule has 3 aromatic heterocycles. The van der Waals surface area contributed by atoms with Gasteiger partial charge in [0, 0.05) is 18.7 Å². The first kappa shape index (κ1) is 20.1. The molecular weight excluding hydrogens is 402 g/mol. The van der Waals surface area contributed by atoms with Crippen LogP contribution in [0.3, 0.4) is 0 Å². The van der Waals surface area contributed by atoms with E-state index in [2.05, 4.69) is 27.9 Å². The summed E-state index contributed by atoms with van der Waals surface area (Å²) in [7, 11) is 0. The van der Waals surface area contributed by atoms with Crippen LogP contribution in [0, 0.1) is 6.92 Å². The number of aromatic nitrogens is 4. The van der Waals surface area contributed by atoms with E-state index < -0.39 is 5.91 Å². The van der Waals surface area contributed by atoms with Gasteiger partial charge in [0.2, 0.25) is 0 Å². The summed E-state index contributed by atoms with van der Waals surface area (Å²) in [6, 6.07) is 15.6. The Morgan fingerprint density at radius 2 is 2.00 bits per heavy atom. The van der Waals surface area contributed by atoms with E-state index >= 15 is 0 Å². The van der Waals surface area contributed by atoms with Gasteiger partial charge in [-0.15, -0.1) is 0 Å². The minimum Gasteiger partial charge on any atom is -0.366 e. The number of fused-ring (bicyclic) bond motifs is 2. The number of pyridine rings is 1. The molecule has 0 saturated carbocycles. The van der Waals surface area contributed by atoms with Crippen LogP contribution in [0.15, 0.2) is 48.5 Å². The summed E-state index contributed by atoms with van der Waals surface area (Å²) in [6.45, 7) is 4.21. The molecule has 162 valence electrons. The molecule has 1 aromatic carbocycles. The molecule has 0 unspecified atom stereocenters. The second-order valence-electron chi connectivity index (χ2n) is 7.97. The fourth-order valence-electron chi connectivity index (χ4n) is 4.22. The Kier molecular flexibility index (Phi) is 5.28. The van der Waals surface area contributed by atoms with Gasteiger partial charge in [-0.05, 0) is 44.0 Å². The lowest BCUT2D eigenvalue weighted by Crippen LogP contribution is -2.16. The number of hydrogen-bond acceptors (Lipinski definition) is 6. The van der Waals surface area contributed by atoms with Gasteiger partial charge in [-0.1, -0.05) is 36.4 Å². The monoisotopic (exact) mass is 427 g/mol. The topological polar surface area (TPSA) is 110 Å². The molecule has 0 radical (unpaired) electrons. The maximum atomic E-state index is 11.9. The standard InChI is InChI=1S/C24H25N7O/c1-15-21(19-10-5-11-20(22(25)32)31(19)30-15)24-28-18-14-26-12-6-9-17(18)23(29-24)27-13-16-7-3-2-4-8-16/h2-5,7-8,10-11,26H,6,9,12-14H2,1H3,(H2,25,32)(H,27,28,29). The number of carbonyl (C=O) groups is 1. The number of benzene rings is 1. The Hall–Kier alpha value is -3.78. The van der Waals surface area contributed by atoms with Gasteiger partial charge in [-0.2, -0.15) is 5.10 Å². The van der Waals surface area contributed by atoms with E-state index in [4.69, 9.17) is 15.7 Å². The van der Waals surface area contributed by atoms with Gasteiger partial charge in [-0.3, -0.25) is 4.79 Å². The molecule has 0 aliphatic carbocycles. The normalized spacial score (nSPS) is 13.5. The fourth-order valence-corrected chi connectivity index (χ4v) is 4.22. The van der Waals surface area contributed by atoms with Crippen LogP contribution in [-0.4, -0.2) is 32.0 Å². The van der Waals surface area contributed by atoms with Gasteiger partial charge in [0.15, 0.2) is 5.82 Å². The van der Waals surface area contributed by atoms with Crippen molar-refractivity contribution in [3.05, 3.63) is 76.7 Å². The Labute approximate surface area is 185 Å². The summed E-state index contributed by atoms with van der Waals surface area (Å²) in [6.07, 6.45) is 1.95. The largest absolute Gasteiger partial charge is 0.366 e. The van der Waals surface area contributed by atoms with E-state index in [0.29, 0.717) is 24.6 Å². The number of hydrogen-bond donors (Lipinski definition) is 3. The summed E-state index contributed by atoms with van der Waals surface area (Å²) in [4.78, 5) is 21.8. The molecule has 0 atom stereocenters. The molecule has 0 fully saturated rings. The quantitative estimate of drug-likeness (QED) is 0.452. The number of rotatable bonds is 5. The first-order chi connectivity index (χ1) is 15.6. The Balaban J connectivity index is 1.63. The third-order valence-corrected chi connectivity index (χ3v) is 5.78. The number of nitrogens with one attached hydrogen (secondary N) is 2. The highest BCUT2D eigenvalue weighted by Gasteiger charge is 2.22. The molecule has 4 N–H and O–H groups in total. The van der Waals surface area contributed by atoms with Gasteiger partial charge in [0.25, 0.3) is 5.91 Å². The van der Waals surface area contributed by atoms with Gasteiger partial charge in [0.05, 0.1) is 22.5 Å². The minimum atomic E-state index is -0.526. The Morgan fingerprint density at radius 1 is 1.16 bits per heavy atom. The number of nitrogens with zero attached hydrogens (tertiary/aromatic N) is 4. The predicted molar refractivity (Wildman–Crippen MR) is 123 cm³/mol. The van der Waals surface area contributed by atoms with Crippen LogP contribution < -0.4 is 16.4 Å². The lowest BCUT2D eigenvalue weighted by atomic mass is 10.1. The second-order valence-corrected chi connectivity index (χ2v) is 7.97. The number of carbonyl (C=O) groups excluding carboxylic acids is 1. The smallest absolute Gasteiger partial charge is 0.267 e. The van der Waals surface area contributed by atoms with Crippen LogP contribution in [0.4, 0.5) is 5.82 Å². The van der Waals surface area contributed by atoms with Gasteiger partial charge >= 0.3 is 0 Å². The van der Waals surface area contributed by atoms with Crippen molar-refractivity contribution in [2.24, 2.45) is 5.73 Å². The zero-order chi connectivity index (χ0) is 22.1. The molecule has 0 spiro atoms. The van der Waals surface area contributed by atoms with Crippen molar-refractivity contribution in [2.45, 2.75) is 32.9 Å². The maximum Gasteiger partial charge on any atom is 0.267 e. The second kappa shape index (κ2) is 8.39. The predicted octanol–water partition coefficient (Wildman–Crippen LogP) is 2.85. The van der Waals surface area contributed by atoms with Crippen molar-refractivity contribution in [1.29, 1.82) is 0 Å². The van der Waals surface area contributed by atoms with Gasteiger partial charge in [-0.25, -0.2) is 14.5 Å². The molecule has 1 aliphatic heterocycles. The molecule has 1 aliphatic rings. The van der Waals surface area contributed by atoms with Crippen LogP contribution in [0.2, 0.25) is 0 Å². The molecule has 32 heavy (non-hydrogen) atoms. The first-order valence-corrected chi connectivity index (χ1v) is 10.8. The fraction of sp³-hybridized carbons (Fsp3) is 0.250. The summed E-state index contributed by atoms with van der Waals surface area (Å²) in [5.41, 5.74) is 11.5. The van der Waals surface area contributed by atoms with Crippen molar-refractivity contribution in [3.8, 4) is 11.4 Å². The molecular formula is C24H25N7O. The number of anilines is 1. The average Bonchev–Trinajstić information content (AvgIpc) is 2.96. The van der Waals surface area contributed by atoms with Crippen molar-refractivity contribution in [2.75, 3.05) is 11.9 Å². The third kappa shape index (κ3) is 3.69. The Morgan fingerprint density at radius 3 is 2.81 bits per heavy atom. The molecule has 1 amide bonds. The lowest BCUT2D eigenvalue weighted by Gasteiger charge is -2.15. The number of primary amides is 1. The van der Waals surface area contributed by atoms with E-state index in [1.165, 1.54) is 5.56 Å². The van der Waals surface area contributed by atoms with Crippen molar-refractivity contribution >= 4 is 17.2 Å². The maximum absolute atomic E-state index is 11.9. The molecule has 5 rings (SSSR count). The zero-order valence-electron chi connectivity index (χ0n) is 17.9. The van der Waals surface area contributed by atoms with Crippen LogP contribution >= 0.6 is 0 Å². The first-order valence-electron chi connectivity index (χ1n) is 10.8. The van der Waals surface area contributed by atoms with Crippen LogP contribution in [0.1, 0.15) is 39.4 Å². The van der Waals surface area contributed by atoms with Crippen LogP contribution in [-0.2, 0) is 19.5 Å². The molecule has 8 heteroatoms. The molecule has 4 heterocycles. The number of aryl methyl sites for hydroxylation is 1. The van der Waals surface area contributed by atoms with E-state index in [0.717, 1.165) is 53.2 Å². The van der Waals surface area contributed by atoms with E-state index in [-0.39, 0.29) is 0 Å². The number of nitrogens with two attached hydrogens (primary N) is 1. The van der Waals surface area contributed by atoms with E-state index in [1.54, 1.807) is 16.6 Å².